The van der Waals surface area contributed by atoms with Crippen LogP contribution >= 0.6 is 0 Å². The molecule has 0 aromatic heterocycles. The van der Waals surface area contributed by atoms with Crippen molar-refractivity contribution in [1.82, 2.24) is 0 Å². The van der Waals surface area contributed by atoms with E-state index in [4.69, 9.17) is 0 Å². The van der Waals surface area contributed by atoms with Crippen LogP contribution in [0.5, 0.6) is 0 Å². The first kappa shape index (κ1) is 24.5. The molecule has 0 saturated heterocycles. The maximum absolute atomic E-state index is 2.84. The van der Waals surface area contributed by atoms with E-state index in [1.165, 1.54) is 140 Å². The average molecular weight is 351 g/mol. The van der Waals surface area contributed by atoms with Crippen molar-refractivity contribution in [2.24, 2.45) is 0 Å². The summed E-state index contributed by atoms with van der Waals surface area (Å²) in [6.45, 7) is 2.30. The number of hydrogen-bond acceptors (Lipinski definition) is 0. The summed E-state index contributed by atoms with van der Waals surface area (Å²) in [5.74, 6) is 0. The Morgan fingerprint density at radius 1 is 0.333 bits per heavy atom. The molecule has 0 N–H and O–H groups in total. The number of hydrogen-bond donors (Lipinski definition) is 0. The standard InChI is InChI=1S/C23H47.Al/c1-3-5-7-9-11-13-15-17-19-21-23-22-20-18-16-14-12-10-8-6-4-2;/h1,3-23H2,2H3;/q;+2. The predicted molar refractivity (Wildman–Crippen MR) is 113 cm³/mol. The third-order valence-corrected chi connectivity index (χ3v) is 5.72. The van der Waals surface area contributed by atoms with Gasteiger partial charge in [0.05, 0.1) is 0 Å². The van der Waals surface area contributed by atoms with Gasteiger partial charge >= 0.3 is 92.2 Å². The van der Waals surface area contributed by atoms with E-state index in [1.807, 2.05) is 0 Å². The van der Waals surface area contributed by atoms with E-state index >= 15 is 0 Å². The second kappa shape index (κ2) is 23.5. The van der Waals surface area contributed by atoms with Gasteiger partial charge in [0, 0.05) is 0 Å². The van der Waals surface area contributed by atoms with E-state index in [1.54, 1.807) is 0 Å². The summed E-state index contributed by atoms with van der Waals surface area (Å²) in [6, 6.07) is 0. The molecular formula is C23H47Al+2. The molecule has 0 atom stereocenters. The SMILES string of the molecule is CCCCCCCCCCCCCCCCCCCCCC[CH2][Al+2]. The molecule has 0 bridgehead atoms. The Kier molecular flexibility index (Phi) is 24.1. The molecule has 0 aliphatic carbocycles. The van der Waals surface area contributed by atoms with E-state index in [-0.39, 0.29) is 0 Å². The van der Waals surface area contributed by atoms with E-state index in [2.05, 4.69) is 23.2 Å². The van der Waals surface area contributed by atoms with E-state index in [9.17, 15) is 0 Å². The summed E-state index contributed by atoms with van der Waals surface area (Å²) in [5.41, 5.74) is 0. The fraction of sp³-hybridized carbons (Fsp3) is 1.00. The van der Waals surface area contributed by atoms with Crippen LogP contribution < -0.4 is 0 Å². The van der Waals surface area contributed by atoms with Crippen molar-refractivity contribution >= 4 is 16.3 Å². The molecule has 0 saturated carbocycles. The molecular weight excluding hydrogens is 303 g/mol. The van der Waals surface area contributed by atoms with E-state index < -0.39 is 0 Å². The van der Waals surface area contributed by atoms with Gasteiger partial charge < -0.3 is 0 Å². The first-order valence-electron chi connectivity index (χ1n) is 11.6. The van der Waals surface area contributed by atoms with Gasteiger partial charge in [-0.15, -0.1) is 0 Å². The van der Waals surface area contributed by atoms with Crippen LogP contribution in [0.3, 0.4) is 0 Å². The van der Waals surface area contributed by atoms with Crippen LogP contribution in [0.2, 0.25) is 5.28 Å². The maximum atomic E-state index is 2.84. The van der Waals surface area contributed by atoms with Gasteiger partial charge in [-0.25, -0.2) is 0 Å². The normalized spacial score (nSPS) is 11.3. The molecule has 0 amide bonds. The molecule has 0 aliphatic rings. The molecule has 0 aromatic rings. The summed E-state index contributed by atoms with van der Waals surface area (Å²) in [6.07, 6.45) is 30.9. The molecule has 0 aromatic carbocycles. The van der Waals surface area contributed by atoms with Crippen LogP contribution in [-0.2, 0) is 0 Å². The number of unbranched alkanes of at least 4 members (excludes halogenated alkanes) is 20. The van der Waals surface area contributed by atoms with Crippen molar-refractivity contribution < 1.29 is 0 Å². The molecule has 0 radical (unpaired) electrons. The molecule has 0 spiro atoms. The van der Waals surface area contributed by atoms with Crippen molar-refractivity contribution in [2.45, 2.75) is 147 Å². The zero-order valence-electron chi connectivity index (χ0n) is 17.1. The Morgan fingerprint density at radius 3 is 0.750 bits per heavy atom. The van der Waals surface area contributed by atoms with Gasteiger partial charge in [-0.05, 0) is 0 Å². The molecule has 0 heterocycles. The molecule has 1 heteroatoms. The van der Waals surface area contributed by atoms with Gasteiger partial charge in [-0.3, -0.25) is 0 Å². The zero-order valence-corrected chi connectivity index (χ0v) is 18.3. The van der Waals surface area contributed by atoms with Crippen molar-refractivity contribution in [3.8, 4) is 0 Å². The van der Waals surface area contributed by atoms with Gasteiger partial charge in [0.1, 0.15) is 0 Å². The fourth-order valence-corrected chi connectivity index (χ4v) is 3.86. The van der Waals surface area contributed by atoms with Crippen LogP contribution in [0.1, 0.15) is 142 Å². The van der Waals surface area contributed by atoms with Gasteiger partial charge in [-0.2, -0.15) is 0 Å². The molecule has 0 aliphatic heterocycles. The first-order chi connectivity index (χ1) is 11.9. The molecule has 0 unspecified atom stereocenters. The van der Waals surface area contributed by atoms with Gasteiger partial charge in [0.2, 0.25) is 0 Å². The van der Waals surface area contributed by atoms with Crippen LogP contribution in [0, 0.1) is 0 Å². The Labute approximate surface area is 163 Å². The van der Waals surface area contributed by atoms with Crippen molar-refractivity contribution in [3.05, 3.63) is 0 Å². The molecule has 140 valence electrons. The first-order valence-corrected chi connectivity index (χ1v) is 12.4. The Bertz CT molecular complexity index is 180. The van der Waals surface area contributed by atoms with Crippen molar-refractivity contribution in [1.29, 1.82) is 0 Å². The number of rotatable bonds is 21. The van der Waals surface area contributed by atoms with E-state index in [0.29, 0.717) is 0 Å². The molecule has 0 nitrogen and oxygen atoms in total. The summed E-state index contributed by atoms with van der Waals surface area (Å²) in [7, 11) is 0. The Morgan fingerprint density at radius 2 is 0.542 bits per heavy atom. The van der Waals surface area contributed by atoms with Crippen LogP contribution in [-0.4, -0.2) is 16.3 Å². The van der Waals surface area contributed by atoms with Gasteiger partial charge in [-0.1, -0.05) is 71.1 Å². The summed E-state index contributed by atoms with van der Waals surface area (Å²) in [5, 5.41) is 1.29. The third kappa shape index (κ3) is 22.5. The quantitative estimate of drug-likeness (QED) is 0.143. The minimum absolute atomic E-state index is 1.29. The van der Waals surface area contributed by atoms with Gasteiger partial charge in [0.25, 0.3) is 0 Å². The second-order valence-electron chi connectivity index (χ2n) is 7.86. The van der Waals surface area contributed by atoms with Crippen molar-refractivity contribution in [2.75, 3.05) is 0 Å². The Balaban J connectivity index is 2.93. The average Bonchev–Trinajstić information content (AvgIpc) is 2.60. The molecule has 24 heavy (non-hydrogen) atoms. The minimum atomic E-state index is 1.29. The second-order valence-corrected chi connectivity index (χ2v) is 8.44. The summed E-state index contributed by atoms with van der Waals surface area (Å²) >= 11 is 2.84. The Hall–Kier alpha value is 0.532. The topological polar surface area (TPSA) is 0 Å². The fourth-order valence-electron chi connectivity index (χ4n) is 3.58. The molecule has 0 fully saturated rings. The van der Waals surface area contributed by atoms with Crippen LogP contribution in [0.4, 0.5) is 0 Å². The monoisotopic (exact) mass is 350 g/mol. The van der Waals surface area contributed by atoms with Gasteiger partial charge in [0.15, 0.2) is 0 Å². The summed E-state index contributed by atoms with van der Waals surface area (Å²) in [4.78, 5) is 0. The zero-order chi connectivity index (χ0) is 17.6. The van der Waals surface area contributed by atoms with Crippen LogP contribution in [0.15, 0.2) is 0 Å². The third-order valence-electron chi connectivity index (χ3n) is 5.31. The molecule has 0 rings (SSSR count). The van der Waals surface area contributed by atoms with Crippen LogP contribution in [0.25, 0.3) is 0 Å². The predicted octanol–water partition coefficient (Wildman–Crippen LogP) is 8.79. The van der Waals surface area contributed by atoms with Crippen molar-refractivity contribution in [3.63, 3.8) is 0 Å². The van der Waals surface area contributed by atoms with E-state index in [0.717, 1.165) is 0 Å². The summed E-state index contributed by atoms with van der Waals surface area (Å²) < 4.78 is 0.